The van der Waals surface area contributed by atoms with E-state index in [2.05, 4.69) is 15.3 Å². The van der Waals surface area contributed by atoms with Gasteiger partial charge in [-0.15, -0.1) is 0 Å². The molecule has 3 rings (SSSR count). The van der Waals surface area contributed by atoms with E-state index in [1.54, 1.807) is 18.4 Å². The lowest BCUT2D eigenvalue weighted by molar-refractivity contribution is 0.412. The quantitative estimate of drug-likeness (QED) is 0.652. The summed E-state index contributed by atoms with van der Waals surface area (Å²) in [6.45, 7) is 0.556. The molecule has 1 aliphatic rings. The van der Waals surface area contributed by atoms with Crippen molar-refractivity contribution in [1.29, 1.82) is 0 Å². The number of hydrogen-bond donors (Lipinski definition) is 2. The molecule has 5 nitrogen and oxygen atoms in total. The van der Waals surface area contributed by atoms with Crippen LogP contribution in [0.3, 0.4) is 0 Å². The standard InChI is InChI=1S/C18H23FN4O/c19-14-8-6-13(7-9-14)17-22-16(12-24-17)10-11-21-18(20)23-15-4-2-1-3-5-15/h6-9,12,15H,1-5,10-11H2,(H3,20,21,23). The number of aliphatic imine (C=N–C) groups is 1. The minimum Gasteiger partial charge on any atom is -0.444 e. The van der Waals surface area contributed by atoms with Gasteiger partial charge in [0.1, 0.15) is 12.1 Å². The fourth-order valence-corrected chi connectivity index (χ4v) is 2.94. The van der Waals surface area contributed by atoms with Crippen LogP contribution in [-0.4, -0.2) is 23.5 Å². The maximum Gasteiger partial charge on any atom is 0.226 e. The fraction of sp³-hybridized carbons (Fsp3) is 0.444. The number of nitrogens with one attached hydrogen (secondary N) is 1. The topological polar surface area (TPSA) is 76.4 Å². The number of rotatable bonds is 5. The van der Waals surface area contributed by atoms with Crippen LogP contribution in [0.5, 0.6) is 0 Å². The molecular formula is C18H23FN4O. The number of halogens is 1. The molecule has 24 heavy (non-hydrogen) atoms. The second kappa shape index (κ2) is 7.95. The average Bonchev–Trinajstić information content (AvgIpc) is 3.05. The highest BCUT2D eigenvalue weighted by Crippen LogP contribution is 2.19. The molecule has 1 saturated carbocycles. The summed E-state index contributed by atoms with van der Waals surface area (Å²) >= 11 is 0. The first-order valence-electron chi connectivity index (χ1n) is 8.47. The largest absolute Gasteiger partial charge is 0.444 e. The molecule has 1 aliphatic carbocycles. The van der Waals surface area contributed by atoms with Gasteiger partial charge in [0, 0.05) is 24.6 Å². The minimum absolute atomic E-state index is 0.277. The average molecular weight is 330 g/mol. The van der Waals surface area contributed by atoms with E-state index in [1.807, 2.05) is 0 Å². The van der Waals surface area contributed by atoms with Crippen molar-refractivity contribution in [3.63, 3.8) is 0 Å². The van der Waals surface area contributed by atoms with E-state index in [1.165, 1.54) is 44.2 Å². The van der Waals surface area contributed by atoms with Gasteiger partial charge in [-0.25, -0.2) is 9.37 Å². The number of aromatic nitrogens is 1. The van der Waals surface area contributed by atoms with Crippen molar-refractivity contribution in [2.45, 2.75) is 44.6 Å². The van der Waals surface area contributed by atoms with Gasteiger partial charge in [0.15, 0.2) is 5.96 Å². The summed E-state index contributed by atoms with van der Waals surface area (Å²) in [5.74, 6) is 0.715. The van der Waals surface area contributed by atoms with E-state index in [0.29, 0.717) is 30.9 Å². The predicted octanol–water partition coefficient (Wildman–Crippen LogP) is 3.26. The molecule has 0 spiro atoms. The van der Waals surface area contributed by atoms with Gasteiger partial charge in [-0.05, 0) is 37.1 Å². The Morgan fingerprint density at radius 1 is 1.25 bits per heavy atom. The van der Waals surface area contributed by atoms with Crippen LogP contribution in [0, 0.1) is 5.82 Å². The summed E-state index contributed by atoms with van der Waals surface area (Å²) in [6, 6.07) is 6.53. The molecular weight excluding hydrogens is 307 g/mol. The molecule has 6 heteroatoms. The van der Waals surface area contributed by atoms with Gasteiger partial charge in [-0.1, -0.05) is 19.3 Å². The highest BCUT2D eigenvalue weighted by atomic mass is 19.1. The van der Waals surface area contributed by atoms with Crippen LogP contribution in [0.1, 0.15) is 37.8 Å². The molecule has 1 fully saturated rings. The molecule has 1 aromatic heterocycles. The number of benzene rings is 1. The van der Waals surface area contributed by atoms with Crippen molar-refractivity contribution < 1.29 is 8.81 Å². The van der Waals surface area contributed by atoms with Crippen LogP contribution in [-0.2, 0) is 6.42 Å². The molecule has 0 saturated heterocycles. The Balaban J connectivity index is 1.49. The zero-order valence-corrected chi connectivity index (χ0v) is 13.7. The molecule has 3 N–H and O–H groups in total. The van der Waals surface area contributed by atoms with E-state index >= 15 is 0 Å². The van der Waals surface area contributed by atoms with Crippen LogP contribution in [0.15, 0.2) is 39.9 Å². The lowest BCUT2D eigenvalue weighted by atomic mass is 9.96. The van der Waals surface area contributed by atoms with E-state index in [-0.39, 0.29) is 5.82 Å². The Morgan fingerprint density at radius 3 is 2.75 bits per heavy atom. The normalized spacial score (nSPS) is 16.3. The number of oxazole rings is 1. The molecule has 2 aromatic rings. The monoisotopic (exact) mass is 330 g/mol. The van der Waals surface area contributed by atoms with E-state index in [0.717, 1.165) is 11.3 Å². The van der Waals surface area contributed by atoms with Crippen molar-refractivity contribution in [3.05, 3.63) is 42.0 Å². The van der Waals surface area contributed by atoms with Crippen molar-refractivity contribution in [2.24, 2.45) is 10.7 Å². The lowest BCUT2D eigenvalue weighted by Gasteiger charge is -2.23. The van der Waals surface area contributed by atoms with Crippen LogP contribution in [0.4, 0.5) is 4.39 Å². The SMILES string of the molecule is NC(=NCCc1coc(-c2ccc(F)cc2)n1)NC1CCCCC1. The van der Waals surface area contributed by atoms with E-state index in [4.69, 9.17) is 10.2 Å². The second-order valence-electron chi connectivity index (χ2n) is 6.15. The number of nitrogens with two attached hydrogens (primary N) is 1. The van der Waals surface area contributed by atoms with Gasteiger partial charge < -0.3 is 15.5 Å². The number of hydrogen-bond acceptors (Lipinski definition) is 3. The Bertz CT molecular complexity index is 675. The predicted molar refractivity (Wildman–Crippen MR) is 92.1 cm³/mol. The summed E-state index contributed by atoms with van der Waals surface area (Å²) in [6.07, 6.45) is 8.43. The highest BCUT2D eigenvalue weighted by molar-refractivity contribution is 5.78. The van der Waals surface area contributed by atoms with Gasteiger partial charge in [-0.2, -0.15) is 0 Å². The van der Waals surface area contributed by atoms with Crippen LogP contribution < -0.4 is 11.1 Å². The third kappa shape index (κ3) is 4.57. The summed E-state index contributed by atoms with van der Waals surface area (Å²) in [7, 11) is 0. The van der Waals surface area contributed by atoms with E-state index < -0.39 is 0 Å². The van der Waals surface area contributed by atoms with E-state index in [9.17, 15) is 4.39 Å². The van der Waals surface area contributed by atoms with Crippen molar-refractivity contribution in [1.82, 2.24) is 10.3 Å². The lowest BCUT2D eigenvalue weighted by Crippen LogP contribution is -2.41. The van der Waals surface area contributed by atoms with Gasteiger partial charge in [-0.3, -0.25) is 4.99 Å². The first kappa shape index (κ1) is 16.5. The Kier molecular flexibility index (Phi) is 5.46. The van der Waals surface area contributed by atoms with Gasteiger partial charge >= 0.3 is 0 Å². The second-order valence-corrected chi connectivity index (χ2v) is 6.15. The molecule has 0 bridgehead atoms. The van der Waals surface area contributed by atoms with Crippen LogP contribution in [0.25, 0.3) is 11.5 Å². The Morgan fingerprint density at radius 2 is 2.00 bits per heavy atom. The number of nitrogens with zero attached hydrogens (tertiary/aromatic N) is 2. The Labute approximate surface area is 141 Å². The molecule has 1 aromatic carbocycles. The third-order valence-corrected chi connectivity index (χ3v) is 4.25. The van der Waals surface area contributed by atoms with Gasteiger partial charge in [0.2, 0.25) is 5.89 Å². The molecule has 0 radical (unpaired) electrons. The zero-order chi connectivity index (χ0) is 16.8. The van der Waals surface area contributed by atoms with Crippen LogP contribution in [0.2, 0.25) is 0 Å². The zero-order valence-electron chi connectivity index (χ0n) is 13.7. The molecule has 1 heterocycles. The summed E-state index contributed by atoms with van der Waals surface area (Å²) in [5.41, 5.74) is 7.50. The van der Waals surface area contributed by atoms with Crippen molar-refractivity contribution in [3.8, 4) is 11.5 Å². The molecule has 0 atom stereocenters. The number of guanidine groups is 1. The summed E-state index contributed by atoms with van der Waals surface area (Å²) < 4.78 is 18.4. The first-order chi connectivity index (χ1) is 11.7. The van der Waals surface area contributed by atoms with Gasteiger partial charge in [0.05, 0.1) is 5.69 Å². The smallest absolute Gasteiger partial charge is 0.226 e. The molecule has 0 unspecified atom stereocenters. The van der Waals surface area contributed by atoms with Gasteiger partial charge in [0.25, 0.3) is 0 Å². The maximum absolute atomic E-state index is 12.9. The summed E-state index contributed by atoms with van der Waals surface area (Å²) in [5, 5.41) is 3.29. The summed E-state index contributed by atoms with van der Waals surface area (Å²) in [4.78, 5) is 8.76. The first-order valence-corrected chi connectivity index (χ1v) is 8.47. The highest BCUT2D eigenvalue weighted by Gasteiger charge is 2.13. The van der Waals surface area contributed by atoms with Crippen molar-refractivity contribution >= 4 is 5.96 Å². The fourth-order valence-electron chi connectivity index (χ4n) is 2.94. The molecule has 0 aliphatic heterocycles. The minimum atomic E-state index is -0.277. The Hall–Kier alpha value is -2.37. The maximum atomic E-state index is 12.9. The molecule has 0 amide bonds. The van der Waals surface area contributed by atoms with Crippen molar-refractivity contribution in [2.75, 3.05) is 6.54 Å². The molecule has 128 valence electrons. The van der Waals surface area contributed by atoms with Crippen LogP contribution >= 0.6 is 0 Å². The third-order valence-electron chi connectivity index (χ3n) is 4.25.